The molecule has 2 aromatic rings. The molecule has 28 heavy (non-hydrogen) atoms. The molecular weight excluding hydrogens is 355 g/mol. The van der Waals surface area contributed by atoms with Crippen molar-refractivity contribution in [1.29, 1.82) is 0 Å². The molecule has 0 fully saturated rings. The number of amides is 1. The summed E-state index contributed by atoms with van der Waals surface area (Å²) in [4.78, 5) is 18.9. The lowest BCUT2D eigenvalue weighted by Gasteiger charge is -2.28. The molecule has 6 heteroatoms. The van der Waals surface area contributed by atoms with Crippen molar-refractivity contribution in [2.45, 2.75) is 26.3 Å². The highest BCUT2D eigenvalue weighted by molar-refractivity contribution is 5.85. The maximum absolute atomic E-state index is 13.0. The number of halogens is 1. The van der Waals surface area contributed by atoms with Crippen LogP contribution in [0.4, 0.5) is 4.39 Å². The standard InChI is InChI=1S/C22H27FN4O/c1-2-24-22(25-13-11-17-7-9-20(23)10-8-17)26-15-21(28)27-14-12-18-5-3-4-6-19(18)16-27/h3-10H,2,11-16H2,1H3,(H2,24,25,26). The van der Waals surface area contributed by atoms with E-state index in [0.717, 1.165) is 24.9 Å². The Bertz CT molecular complexity index is 820. The lowest BCUT2D eigenvalue weighted by atomic mass is 10.00. The summed E-state index contributed by atoms with van der Waals surface area (Å²) in [5.74, 6) is 0.422. The first-order valence-electron chi connectivity index (χ1n) is 9.77. The highest BCUT2D eigenvalue weighted by Gasteiger charge is 2.19. The summed E-state index contributed by atoms with van der Waals surface area (Å²) in [5.41, 5.74) is 3.59. The van der Waals surface area contributed by atoms with Gasteiger partial charge in [-0.05, 0) is 48.6 Å². The van der Waals surface area contributed by atoms with E-state index in [1.54, 1.807) is 12.1 Å². The van der Waals surface area contributed by atoms with Gasteiger partial charge in [-0.25, -0.2) is 9.38 Å². The Hall–Kier alpha value is -2.89. The zero-order chi connectivity index (χ0) is 19.8. The van der Waals surface area contributed by atoms with Crippen LogP contribution in [0.25, 0.3) is 0 Å². The van der Waals surface area contributed by atoms with Crippen molar-refractivity contribution in [2.24, 2.45) is 4.99 Å². The molecule has 0 aromatic heterocycles. The number of aliphatic imine (C=N–C) groups is 1. The van der Waals surface area contributed by atoms with Crippen LogP contribution >= 0.6 is 0 Å². The zero-order valence-electron chi connectivity index (χ0n) is 16.2. The molecule has 2 aromatic carbocycles. The summed E-state index contributed by atoms with van der Waals surface area (Å²) in [6.45, 7) is 4.87. The van der Waals surface area contributed by atoms with Crippen LogP contribution in [-0.2, 0) is 24.2 Å². The fraction of sp³-hybridized carbons (Fsp3) is 0.364. The van der Waals surface area contributed by atoms with Crippen LogP contribution < -0.4 is 10.6 Å². The predicted molar refractivity (Wildman–Crippen MR) is 110 cm³/mol. The van der Waals surface area contributed by atoms with Crippen LogP contribution in [0.2, 0.25) is 0 Å². The molecule has 1 heterocycles. The Kier molecular flexibility index (Phi) is 7.00. The summed E-state index contributed by atoms with van der Waals surface area (Å²) in [5, 5.41) is 6.39. The van der Waals surface area contributed by atoms with E-state index in [1.807, 2.05) is 24.0 Å². The Morgan fingerprint density at radius 3 is 2.61 bits per heavy atom. The van der Waals surface area contributed by atoms with Gasteiger partial charge in [-0.3, -0.25) is 4.79 Å². The molecule has 1 aliphatic heterocycles. The summed E-state index contributed by atoms with van der Waals surface area (Å²) < 4.78 is 13.0. The molecule has 0 saturated carbocycles. The molecule has 1 aliphatic rings. The van der Waals surface area contributed by atoms with Gasteiger partial charge in [0, 0.05) is 26.2 Å². The van der Waals surface area contributed by atoms with E-state index in [-0.39, 0.29) is 18.3 Å². The normalized spacial score (nSPS) is 13.8. The molecule has 0 spiro atoms. The second-order valence-corrected chi connectivity index (χ2v) is 6.83. The third kappa shape index (κ3) is 5.55. The predicted octanol–water partition coefficient (Wildman–Crippen LogP) is 2.51. The summed E-state index contributed by atoms with van der Waals surface area (Å²) in [7, 11) is 0. The van der Waals surface area contributed by atoms with E-state index >= 15 is 0 Å². The number of fused-ring (bicyclic) bond motifs is 1. The Morgan fingerprint density at radius 1 is 1.11 bits per heavy atom. The average Bonchev–Trinajstić information content (AvgIpc) is 2.72. The van der Waals surface area contributed by atoms with Gasteiger partial charge in [-0.1, -0.05) is 36.4 Å². The van der Waals surface area contributed by atoms with Crippen LogP contribution in [-0.4, -0.2) is 42.9 Å². The maximum Gasteiger partial charge on any atom is 0.244 e. The van der Waals surface area contributed by atoms with Gasteiger partial charge < -0.3 is 15.5 Å². The Morgan fingerprint density at radius 2 is 1.86 bits per heavy atom. The SMILES string of the molecule is CCNC(=NCC(=O)N1CCc2ccccc2C1)NCCc1ccc(F)cc1. The Labute approximate surface area is 165 Å². The molecule has 0 unspecified atom stereocenters. The minimum Gasteiger partial charge on any atom is -0.357 e. The third-order valence-corrected chi connectivity index (χ3v) is 4.82. The fourth-order valence-corrected chi connectivity index (χ4v) is 3.27. The fourth-order valence-electron chi connectivity index (χ4n) is 3.27. The molecule has 0 aliphatic carbocycles. The molecular formula is C22H27FN4O. The van der Waals surface area contributed by atoms with Crippen molar-refractivity contribution < 1.29 is 9.18 Å². The molecule has 3 rings (SSSR count). The van der Waals surface area contributed by atoms with Crippen molar-refractivity contribution in [3.63, 3.8) is 0 Å². The minimum atomic E-state index is -0.231. The number of carbonyl (C=O) groups is 1. The maximum atomic E-state index is 13.0. The molecule has 0 atom stereocenters. The van der Waals surface area contributed by atoms with E-state index in [0.29, 0.717) is 25.6 Å². The average molecular weight is 382 g/mol. The number of guanidine groups is 1. The highest BCUT2D eigenvalue weighted by Crippen LogP contribution is 2.18. The second kappa shape index (κ2) is 9.88. The second-order valence-electron chi connectivity index (χ2n) is 6.83. The first-order valence-corrected chi connectivity index (χ1v) is 9.77. The first kappa shape index (κ1) is 19.9. The van der Waals surface area contributed by atoms with E-state index < -0.39 is 0 Å². The third-order valence-electron chi connectivity index (χ3n) is 4.82. The lowest BCUT2D eigenvalue weighted by molar-refractivity contribution is -0.130. The van der Waals surface area contributed by atoms with Gasteiger partial charge >= 0.3 is 0 Å². The van der Waals surface area contributed by atoms with E-state index in [1.165, 1.54) is 23.3 Å². The van der Waals surface area contributed by atoms with Crippen molar-refractivity contribution in [3.05, 3.63) is 71.0 Å². The first-order chi connectivity index (χ1) is 13.7. The highest BCUT2D eigenvalue weighted by atomic mass is 19.1. The molecule has 0 saturated heterocycles. The van der Waals surface area contributed by atoms with Crippen molar-refractivity contribution in [2.75, 3.05) is 26.2 Å². The zero-order valence-corrected chi connectivity index (χ0v) is 16.2. The number of carbonyl (C=O) groups excluding carboxylic acids is 1. The van der Waals surface area contributed by atoms with E-state index in [9.17, 15) is 9.18 Å². The van der Waals surface area contributed by atoms with Crippen LogP contribution in [0, 0.1) is 5.82 Å². The van der Waals surface area contributed by atoms with Gasteiger partial charge in [-0.15, -0.1) is 0 Å². The number of nitrogens with one attached hydrogen (secondary N) is 2. The monoisotopic (exact) mass is 382 g/mol. The summed E-state index contributed by atoms with van der Waals surface area (Å²) in [6.07, 6.45) is 1.64. The molecule has 2 N–H and O–H groups in total. The van der Waals surface area contributed by atoms with Crippen LogP contribution in [0.5, 0.6) is 0 Å². The van der Waals surface area contributed by atoms with Gasteiger partial charge in [-0.2, -0.15) is 0 Å². The molecule has 5 nitrogen and oxygen atoms in total. The van der Waals surface area contributed by atoms with E-state index in [4.69, 9.17) is 0 Å². The number of nitrogens with zero attached hydrogens (tertiary/aromatic N) is 2. The largest absolute Gasteiger partial charge is 0.357 e. The van der Waals surface area contributed by atoms with Gasteiger partial charge in [0.05, 0.1) is 0 Å². The number of rotatable bonds is 6. The van der Waals surface area contributed by atoms with Gasteiger partial charge in [0.1, 0.15) is 12.4 Å². The smallest absolute Gasteiger partial charge is 0.244 e. The van der Waals surface area contributed by atoms with Crippen molar-refractivity contribution in [1.82, 2.24) is 15.5 Å². The van der Waals surface area contributed by atoms with Crippen molar-refractivity contribution >= 4 is 11.9 Å². The van der Waals surface area contributed by atoms with Crippen LogP contribution in [0.15, 0.2) is 53.5 Å². The van der Waals surface area contributed by atoms with Crippen LogP contribution in [0.1, 0.15) is 23.6 Å². The molecule has 0 bridgehead atoms. The Balaban J connectivity index is 1.50. The number of hydrogen-bond donors (Lipinski definition) is 2. The number of benzene rings is 2. The van der Waals surface area contributed by atoms with E-state index in [2.05, 4.69) is 27.8 Å². The molecule has 0 radical (unpaired) electrons. The molecule has 1 amide bonds. The quantitative estimate of drug-likeness (QED) is 0.596. The van der Waals surface area contributed by atoms with Gasteiger partial charge in [0.25, 0.3) is 0 Å². The topological polar surface area (TPSA) is 56.7 Å². The lowest BCUT2D eigenvalue weighted by Crippen LogP contribution is -2.41. The van der Waals surface area contributed by atoms with Gasteiger partial charge in [0.2, 0.25) is 5.91 Å². The minimum absolute atomic E-state index is 0.0326. The molecule has 148 valence electrons. The summed E-state index contributed by atoms with van der Waals surface area (Å²) in [6, 6.07) is 14.7. The van der Waals surface area contributed by atoms with Crippen molar-refractivity contribution in [3.8, 4) is 0 Å². The van der Waals surface area contributed by atoms with Crippen LogP contribution in [0.3, 0.4) is 0 Å². The number of hydrogen-bond acceptors (Lipinski definition) is 2. The van der Waals surface area contributed by atoms with Gasteiger partial charge in [0.15, 0.2) is 5.96 Å². The summed E-state index contributed by atoms with van der Waals surface area (Å²) >= 11 is 0.